The molecule has 0 aromatic heterocycles. The molecule has 0 N–H and O–H groups in total. The number of nitrogens with zero attached hydrogens (tertiary/aromatic N) is 1. The predicted octanol–water partition coefficient (Wildman–Crippen LogP) is 6.04. The summed E-state index contributed by atoms with van der Waals surface area (Å²) in [5.41, 5.74) is 4.03. The van der Waals surface area contributed by atoms with Gasteiger partial charge < -0.3 is 4.74 Å². The van der Waals surface area contributed by atoms with Gasteiger partial charge in [-0.15, -0.1) is 0 Å². The molecule has 0 fully saturated rings. The molecule has 0 aliphatic heterocycles. The number of para-hydroxylation sites is 1. The highest BCUT2D eigenvalue weighted by Gasteiger charge is 2.09. The minimum absolute atomic E-state index is 0.353. The van der Waals surface area contributed by atoms with E-state index in [1.165, 1.54) is 18.3 Å². The van der Waals surface area contributed by atoms with Gasteiger partial charge in [0.2, 0.25) is 0 Å². The Kier molecular flexibility index (Phi) is 9.44. The summed E-state index contributed by atoms with van der Waals surface area (Å²) < 4.78 is 4.77. The Hall–Kier alpha value is -2.16. The van der Waals surface area contributed by atoms with Crippen molar-refractivity contribution in [2.24, 2.45) is 4.99 Å². The molecule has 130 valence electrons. The van der Waals surface area contributed by atoms with Gasteiger partial charge in [0.25, 0.3) is 0 Å². The molecule has 1 rings (SSSR count). The summed E-state index contributed by atoms with van der Waals surface area (Å²) in [5, 5.41) is 0. The lowest BCUT2D eigenvalue weighted by molar-refractivity contribution is 0.0601. The van der Waals surface area contributed by atoms with Crippen LogP contribution in [0.15, 0.2) is 52.6 Å². The zero-order valence-corrected chi connectivity index (χ0v) is 15.3. The number of ether oxygens (including phenoxy) is 1. The van der Waals surface area contributed by atoms with Crippen molar-refractivity contribution in [1.82, 2.24) is 0 Å². The van der Waals surface area contributed by atoms with Crippen molar-refractivity contribution in [2.75, 3.05) is 7.11 Å². The summed E-state index contributed by atoms with van der Waals surface area (Å²) in [6.45, 7) is 6.55. The van der Waals surface area contributed by atoms with Crippen LogP contribution in [-0.2, 0) is 4.74 Å². The third-order valence-corrected chi connectivity index (χ3v) is 3.92. The smallest absolute Gasteiger partial charge is 0.340 e. The van der Waals surface area contributed by atoms with E-state index in [4.69, 9.17) is 4.74 Å². The molecule has 1 aromatic carbocycles. The molecule has 0 aliphatic carbocycles. The molecular formula is C21H29NO2. The summed E-state index contributed by atoms with van der Waals surface area (Å²) in [4.78, 5) is 16.1. The highest BCUT2D eigenvalue weighted by Crippen LogP contribution is 2.19. The lowest BCUT2D eigenvalue weighted by atomic mass is 10.1. The van der Waals surface area contributed by atoms with Crippen LogP contribution in [0.4, 0.5) is 5.69 Å². The van der Waals surface area contributed by atoms with E-state index in [2.05, 4.69) is 37.9 Å². The van der Waals surface area contributed by atoms with Crippen molar-refractivity contribution in [2.45, 2.75) is 52.9 Å². The van der Waals surface area contributed by atoms with Gasteiger partial charge in [-0.2, -0.15) is 0 Å². The number of rotatable bonds is 9. The minimum Gasteiger partial charge on any atom is -0.465 e. The Morgan fingerprint density at radius 2 is 1.79 bits per heavy atom. The molecule has 0 amide bonds. The molecule has 0 bridgehead atoms. The first-order valence-corrected chi connectivity index (χ1v) is 8.59. The molecular weight excluding hydrogens is 298 g/mol. The van der Waals surface area contributed by atoms with Crippen LogP contribution < -0.4 is 0 Å². The fourth-order valence-electron chi connectivity index (χ4n) is 2.23. The molecule has 24 heavy (non-hydrogen) atoms. The van der Waals surface area contributed by atoms with E-state index in [0.29, 0.717) is 11.3 Å². The normalized spacial score (nSPS) is 12.7. The summed E-state index contributed by atoms with van der Waals surface area (Å²) in [7, 11) is 1.38. The average Bonchev–Trinajstić information content (AvgIpc) is 2.60. The number of unbranched alkanes of at least 4 members (excludes halogenated alkanes) is 1. The fourth-order valence-corrected chi connectivity index (χ4v) is 2.23. The predicted molar refractivity (Wildman–Crippen MR) is 102 cm³/mol. The average molecular weight is 327 g/mol. The molecule has 0 saturated heterocycles. The number of benzene rings is 1. The highest BCUT2D eigenvalue weighted by atomic mass is 16.5. The maximum Gasteiger partial charge on any atom is 0.340 e. The molecule has 0 unspecified atom stereocenters. The van der Waals surface area contributed by atoms with Gasteiger partial charge in [-0.25, -0.2) is 4.79 Å². The van der Waals surface area contributed by atoms with Crippen molar-refractivity contribution >= 4 is 17.9 Å². The van der Waals surface area contributed by atoms with Gasteiger partial charge in [-0.3, -0.25) is 4.99 Å². The zero-order valence-electron chi connectivity index (χ0n) is 15.3. The second-order valence-electron chi connectivity index (χ2n) is 5.89. The third-order valence-electron chi connectivity index (χ3n) is 3.92. The first-order valence-electron chi connectivity index (χ1n) is 8.59. The number of aliphatic imine (C=N–C) groups is 1. The van der Waals surface area contributed by atoms with Crippen LogP contribution >= 0.6 is 0 Å². The maximum absolute atomic E-state index is 11.7. The Balaban J connectivity index is 2.46. The maximum atomic E-state index is 11.7. The molecule has 3 heteroatoms. The van der Waals surface area contributed by atoms with E-state index >= 15 is 0 Å². The Morgan fingerprint density at radius 1 is 1.08 bits per heavy atom. The first kappa shape index (κ1) is 19.9. The third kappa shape index (κ3) is 7.40. The molecule has 0 heterocycles. The van der Waals surface area contributed by atoms with Crippen LogP contribution in [0.25, 0.3) is 0 Å². The second kappa shape index (κ2) is 11.4. The van der Waals surface area contributed by atoms with E-state index in [9.17, 15) is 4.79 Å². The van der Waals surface area contributed by atoms with E-state index < -0.39 is 0 Å². The number of methoxy groups -OCH3 is 1. The van der Waals surface area contributed by atoms with E-state index in [1.54, 1.807) is 6.07 Å². The summed E-state index contributed by atoms with van der Waals surface area (Å²) in [6.07, 6.45) is 11.6. The molecule has 0 aliphatic rings. The van der Waals surface area contributed by atoms with Gasteiger partial charge >= 0.3 is 5.97 Å². The Bertz CT molecular complexity index is 612. The van der Waals surface area contributed by atoms with Gasteiger partial charge in [-0.05, 0) is 58.1 Å². The molecule has 0 atom stereocenters. The molecule has 1 aromatic rings. The van der Waals surface area contributed by atoms with Crippen LogP contribution in [0, 0.1) is 0 Å². The monoisotopic (exact) mass is 327 g/mol. The van der Waals surface area contributed by atoms with Crippen molar-refractivity contribution in [1.29, 1.82) is 0 Å². The SMILES string of the molecule is CC/C(C)=C/CC/C(C)=C/CCC=Nc1ccccc1C(=O)OC. The lowest BCUT2D eigenvalue weighted by Crippen LogP contribution is -2.01. The first-order chi connectivity index (χ1) is 11.6. The Morgan fingerprint density at radius 3 is 2.50 bits per heavy atom. The van der Waals surface area contributed by atoms with E-state index in [1.807, 2.05) is 24.4 Å². The van der Waals surface area contributed by atoms with Gasteiger partial charge in [0.1, 0.15) is 0 Å². The summed E-state index contributed by atoms with van der Waals surface area (Å²) >= 11 is 0. The van der Waals surface area contributed by atoms with Crippen molar-refractivity contribution in [3.8, 4) is 0 Å². The van der Waals surface area contributed by atoms with Crippen LogP contribution in [0.3, 0.4) is 0 Å². The van der Waals surface area contributed by atoms with Crippen LogP contribution in [0.2, 0.25) is 0 Å². The number of carbonyl (C=O) groups excluding carboxylic acids is 1. The molecule has 0 spiro atoms. The minimum atomic E-state index is -0.353. The molecule has 3 nitrogen and oxygen atoms in total. The Labute approximate surface area is 146 Å². The topological polar surface area (TPSA) is 38.7 Å². The van der Waals surface area contributed by atoms with Crippen molar-refractivity contribution in [3.63, 3.8) is 0 Å². The van der Waals surface area contributed by atoms with Gasteiger partial charge in [0, 0.05) is 6.21 Å². The van der Waals surface area contributed by atoms with Crippen molar-refractivity contribution < 1.29 is 9.53 Å². The van der Waals surface area contributed by atoms with Gasteiger partial charge in [0.15, 0.2) is 0 Å². The number of carbonyl (C=O) groups is 1. The molecule has 0 saturated carbocycles. The molecule has 0 radical (unpaired) electrons. The standard InChI is InChI=1S/C21H29NO2/c1-5-17(2)12-10-13-18(3)11-8-9-16-22-20-15-7-6-14-19(20)21(23)24-4/h6-7,11-12,14-16H,5,8-10,13H2,1-4H3/b17-12+,18-11+,22-16?. The lowest BCUT2D eigenvalue weighted by Gasteiger charge is -2.02. The van der Waals surface area contributed by atoms with E-state index in [0.717, 1.165) is 32.1 Å². The van der Waals surface area contributed by atoms with Crippen LogP contribution in [-0.4, -0.2) is 19.3 Å². The highest BCUT2D eigenvalue weighted by molar-refractivity contribution is 5.95. The number of hydrogen-bond donors (Lipinski definition) is 0. The number of hydrogen-bond acceptors (Lipinski definition) is 3. The van der Waals surface area contributed by atoms with Gasteiger partial charge in [-0.1, -0.05) is 42.4 Å². The number of esters is 1. The zero-order chi connectivity index (χ0) is 17.8. The van der Waals surface area contributed by atoms with Crippen LogP contribution in [0.1, 0.15) is 63.2 Å². The van der Waals surface area contributed by atoms with E-state index in [-0.39, 0.29) is 5.97 Å². The fraction of sp³-hybridized carbons (Fsp3) is 0.429. The largest absolute Gasteiger partial charge is 0.465 e. The quantitative estimate of drug-likeness (QED) is 0.240. The second-order valence-corrected chi connectivity index (χ2v) is 5.89. The number of allylic oxidation sites excluding steroid dienone is 4. The summed E-state index contributed by atoms with van der Waals surface area (Å²) in [6, 6.07) is 7.24. The van der Waals surface area contributed by atoms with Crippen molar-refractivity contribution in [3.05, 3.63) is 53.1 Å². The van der Waals surface area contributed by atoms with Gasteiger partial charge in [0.05, 0.1) is 18.4 Å². The summed E-state index contributed by atoms with van der Waals surface area (Å²) in [5.74, 6) is -0.353. The van der Waals surface area contributed by atoms with Crippen LogP contribution in [0.5, 0.6) is 0 Å².